The lowest BCUT2D eigenvalue weighted by molar-refractivity contribution is -0.139. The molecule has 0 saturated heterocycles. The highest BCUT2D eigenvalue weighted by Gasteiger charge is 2.40. The Morgan fingerprint density at radius 1 is 0.241 bits per heavy atom. The van der Waals surface area contributed by atoms with Crippen LogP contribution in [-0.4, -0.2) is 9.13 Å². The maximum absolute atomic E-state index is 15.5. The molecule has 0 saturated carbocycles. The zero-order valence-electron chi connectivity index (χ0n) is 42.7. The fourth-order valence-corrected chi connectivity index (χ4v) is 10.9. The molecule has 12 aromatic rings. The Bertz CT molecular complexity index is 4380. The van der Waals surface area contributed by atoms with Crippen molar-refractivity contribution >= 4 is 43.6 Å². The highest BCUT2D eigenvalue weighted by atomic mass is 19.4. The Morgan fingerprint density at radius 3 is 0.723 bits per heavy atom. The molecule has 2 nitrogen and oxygen atoms in total. The van der Waals surface area contributed by atoms with E-state index in [4.69, 9.17) is 0 Å². The van der Waals surface area contributed by atoms with Gasteiger partial charge in [0.25, 0.3) is 0 Å². The van der Waals surface area contributed by atoms with Gasteiger partial charge in [-0.15, -0.1) is 0 Å². The molecule has 0 radical (unpaired) electrons. The molecule has 0 fully saturated rings. The van der Waals surface area contributed by atoms with Crippen molar-refractivity contribution in [1.29, 1.82) is 0 Å². The zero-order chi connectivity index (χ0) is 58.7. The number of rotatable bonds is 7. The summed E-state index contributed by atoms with van der Waals surface area (Å²) < 4.78 is 219. The molecule has 0 spiro atoms. The Hall–Kier alpha value is -9.25. The summed E-state index contributed by atoms with van der Waals surface area (Å²) in [5, 5.41) is 1.88. The summed E-state index contributed by atoms with van der Waals surface area (Å²) in [7, 11) is 0. The predicted molar refractivity (Wildman–Crippen MR) is 292 cm³/mol. The van der Waals surface area contributed by atoms with Gasteiger partial charge in [0, 0.05) is 32.9 Å². The number of halogens is 15. The van der Waals surface area contributed by atoms with E-state index in [9.17, 15) is 39.5 Å². The summed E-state index contributed by atoms with van der Waals surface area (Å²) in [6.07, 6.45) is -24.3. The molecule has 10 aromatic carbocycles. The van der Waals surface area contributed by atoms with Gasteiger partial charge in [-0.05, 0) is 184 Å². The molecule has 83 heavy (non-hydrogen) atoms. The van der Waals surface area contributed by atoms with Gasteiger partial charge in [0.2, 0.25) is 0 Å². The first-order valence-corrected chi connectivity index (χ1v) is 25.4. The topological polar surface area (TPSA) is 9.86 Å². The Kier molecular flexibility index (Phi) is 12.7. The van der Waals surface area contributed by atoms with Gasteiger partial charge in [0.1, 0.15) is 0 Å². The average Bonchev–Trinajstić information content (AvgIpc) is 2.34. The number of benzene rings is 10. The van der Waals surface area contributed by atoms with Gasteiger partial charge < -0.3 is 9.13 Å². The van der Waals surface area contributed by atoms with Crippen molar-refractivity contribution in [3.8, 4) is 67.0 Å². The van der Waals surface area contributed by atoms with Crippen LogP contribution in [0.4, 0.5) is 65.9 Å². The number of hydrogen-bond acceptors (Lipinski definition) is 0. The van der Waals surface area contributed by atoms with Crippen molar-refractivity contribution in [2.45, 2.75) is 37.8 Å². The van der Waals surface area contributed by atoms with Crippen LogP contribution < -0.4 is 0 Å². The van der Waals surface area contributed by atoms with E-state index in [-0.39, 0.29) is 11.4 Å². The van der Waals surface area contributed by atoms with Crippen LogP contribution in [-0.2, 0) is 30.9 Å². The van der Waals surface area contributed by atoms with Crippen LogP contribution in [0.25, 0.3) is 111 Å². The van der Waals surface area contributed by atoms with Crippen molar-refractivity contribution in [3.05, 3.63) is 240 Å². The summed E-state index contributed by atoms with van der Waals surface area (Å²) in [5.41, 5.74) is -0.732. The number of hydrogen-bond donors (Lipinski definition) is 0. The average molecular weight is 1140 g/mol. The highest BCUT2D eigenvalue weighted by Crippen LogP contribution is 2.48. The summed E-state index contributed by atoms with van der Waals surface area (Å²) in [5.74, 6) is 0. The van der Waals surface area contributed by atoms with Gasteiger partial charge in [-0.3, -0.25) is 0 Å². The van der Waals surface area contributed by atoms with E-state index in [2.05, 4.69) is 0 Å². The van der Waals surface area contributed by atoms with Gasteiger partial charge in [-0.25, -0.2) is 0 Å². The smallest absolute Gasteiger partial charge is 0.309 e. The highest BCUT2D eigenvalue weighted by molar-refractivity contribution is 6.13. The maximum atomic E-state index is 15.5. The van der Waals surface area contributed by atoms with Crippen molar-refractivity contribution in [1.82, 2.24) is 9.13 Å². The van der Waals surface area contributed by atoms with Crippen LogP contribution >= 0.6 is 0 Å². The molecule has 0 amide bonds. The van der Waals surface area contributed by atoms with Crippen LogP contribution in [0.15, 0.2) is 206 Å². The third-order valence-corrected chi connectivity index (χ3v) is 15.0. The van der Waals surface area contributed by atoms with Crippen LogP contribution in [0.1, 0.15) is 33.4 Å². The zero-order valence-corrected chi connectivity index (χ0v) is 42.7. The molecule has 416 valence electrons. The molecule has 0 N–H and O–H groups in total. The lowest BCUT2D eigenvalue weighted by Gasteiger charge is -2.21. The SMILES string of the molecule is Cc1ccc(-c2ccc3c(c2)c2cc(-c4ccc(C(F)(F)F)cc4)ccc2n3-c2ccc(C(F)(F)F)c(-c3cc(-n4c5ccc(-c6ccc(C(F)(F)F)cc6)cc5c5cc(-c6ccc(C(F)(F)F)cc6)ccc54)ccc3C(F)(F)F)c2)cc1. The second-order valence-electron chi connectivity index (χ2n) is 20.1. The summed E-state index contributed by atoms with van der Waals surface area (Å²) in [4.78, 5) is 0. The van der Waals surface area contributed by atoms with E-state index in [1.165, 1.54) is 41.0 Å². The Labute approximate surface area is 461 Å². The molecule has 17 heteroatoms. The van der Waals surface area contributed by atoms with Gasteiger partial charge >= 0.3 is 30.9 Å². The molecular formula is C66H37F15N2. The number of aromatic nitrogens is 2. The van der Waals surface area contributed by atoms with E-state index < -0.39 is 69.8 Å². The summed E-state index contributed by atoms with van der Waals surface area (Å²) >= 11 is 0. The fourth-order valence-electron chi connectivity index (χ4n) is 10.9. The number of aryl methyl sites for hydroxylation is 1. The summed E-state index contributed by atoms with van der Waals surface area (Å²) in [6, 6.07) is 46.3. The molecule has 12 rings (SSSR count). The monoisotopic (exact) mass is 1140 g/mol. The van der Waals surface area contributed by atoms with Crippen LogP contribution in [0, 0.1) is 6.92 Å². The van der Waals surface area contributed by atoms with Crippen molar-refractivity contribution in [2.75, 3.05) is 0 Å². The first kappa shape index (κ1) is 54.3. The van der Waals surface area contributed by atoms with E-state index in [1.54, 1.807) is 71.3 Å². The van der Waals surface area contributed by atoms with Crippen molar-refractivity contribution < 1.29 is 65.9 Å². The van der Waals surface area contributed by atoms with Crippen molar-refractivity contribution in [3.63, 3.8) is 0 Å². The fraction of sp³-hybridized carbons (Fsp3) is 0.0909. The predicted octanol–water partition coefficient (Wildman–Crippen LogP) is 21.6. The second kappa shape index (κ2) is 19.5. The minimum absolute atomic E-state index is 0.0281. The Morgan fingerprint density at radius 2 is 0.482 bits per heavy atom. The van der Waals surface area contributed by atoms with Gasteiger partial charge in [-0.1, -0.05) is 90.5 Å². The molecule has 2 aromatic heterocycles. The summed E-state index contributed by atoms with van der Waals surface area (Å²) in [6.45, 7) is 1.92. The van der Waals surface area contributed by atoms with Crippen molar-refractivity contribution in [2.24, 2.45) is 0 Å². The quantitative estimate of drug-likeness (QED) is 0.141. The van der Waals surface area contributed by atoms with E-state index in [0.717, 1.165) is 77.4 Å². The number of nitrogens with zero attached hydrogens (tertiary/aromatic N) is 2. The minimum atomic E-state index is -5.23. The van der Waals surface area contributed by atoms with E-state index in [1.807, 2.05) is 37.3 Å². The molecule has 0 unspecified atom stereocenters. The molecule has 0 bridgehead atoms. The number of alkyl halides is 15. The molecule has 0 aliphatic rings. The molecule has 0 atom stereocenters. The Balaban J connectivity index is 1.07. The van der Waals surface area contributed by atoms with Gasteiger partial charge in [0.05, 0.1) is 49.9 Å². The molecule has 0 aliphatic heterocycles. The third-order valence-electron chi connectivity index (χ3n) is 15.0. The lowest BCUT2D eigenvalue weighted by atomic mass is 9.93. The maximum Gasteiger partial charge on any atom is 0.417 e. The van der Waals surface area contributed by atoms with E-state index in [0.29, 0.717) is 89.1 Å². The van der Waals surface area contributed by atoms with Crippen LogP contribution in [0.5, 0.6) is 0 Å². The van der Waals surface area contributed by atoms with Gasteiger partial charge in [0.15, 0.2) is 0 Å². The molecule has 0 aliphatic carbocycles. The first-order valence-electron chi connectivity index (χ1n) is 25.4. The largest absolute Gasteiger partial charge is 0.417 e. The van der Waals surface area contributed by atoms with Crippen LogP contribution in [0.3, 0.4) is 0 Å². The second-order valence-corrected chi connectivity index (χ2v) is 20.1. The molecule has 2 heterocycles. The first-order chi connectivity index (χ1) is 39.2. The standard InChI is InChI=1S/C66H37F15N2/c1-36-2-4-37(5-3-36)41-12-26-58-52(30-41)53-31-42(38-6-16-45(17-7-38)62(67,68)69)13-27-59(53)82(58)48-22-24-56(65(76,77)78)50(34-48)51-35-49(23-25-57(51)66(79,80)81)83-60-28-14-43(39-8-18-46(19-9-39)63(70,71)72)32-54(60)55-33-44(15-29-61(55)83)40-10-20-47(21-11-40)64(73,74)75/h2-35H,1H3. The van der Waals surface area contributed by atoms with Gasteiger partial charge in [-0.2, -0.15) is 65.9 Å². The lowest BCUT2D eigenvalue weighted by Crippen LogP contribution is -2.12. The third kappa shape index (κ3) is 10.0. The number of fused-ring (bicyclic) bond motifs is 6. The van der Waals surface area contributed by atoms with Crippen LogP contribution in [0.2, 0.25) is 0 Å². The molecular weight excluding hydrogens is 1110 g/mol. The normalized spacial score (nSPS) is 12.8. The van der Waals surface area contributed by atoms with E-state index >= 15 is 26.3 Å². The minimum Gasteiger partial charge on any atom is -0.309 e.